The summed E-state index contributed by atoms with van der Waals surface area (Å²) in [6.07, 6.45) is 1.89. The molecule has 0 saturated carbocycles. The minimum atomic E-state index is -0.148. The number of aromatic amines is 1. The molecular formula is C10H17N3O. The first-order valence-corrected chi connectivity index (χ1v) is 4.66. The monoisotopic (exact) mass is 195 g/mol. The second-order valence-corrected chi connectivity index (χ2v) is 3.90. The maximum absolute atomic E-state index is 11.0. The lowest BCUT2D eigenvalue weighted by atomic mass is 9.89. The van der Waals surface area contributed by atoms with Gasteiger partial charge >= 0.3 is 6.03 Å². The Hall–Kier alpha value is -1.45. The van der Waals surface area contributed by atoms with Crippen LogP contribution in [0.5, 0.6) is 0 Å². The maximum Gasteiger partial charge on any atom is 0.314 e. The van der Waals surface area contributed by atoms with Crippen LogP contribution in [-0.4, -0.2) is 24.6 Å². The van der Waals surface area contributed by atoms with E-state index in [0.717, 1.165) is 5.69 Å². The van der Waals surface area contributed by atoms with Gasteiger partial charge in [0.1, 0.15) is 0 Å². The smallest absolute Gasteiger partial charge is 0.314 e. The average molecular weight is 195 g/mol. The number of aromatic nitrogens is 1. The summed E-state index contributed by atoms with van der Waals surface area (Å²) >= 11 is 0. The van der Waals surface area contributed by atoms with Crippen LogP contribution < -0.4 is 10.6 Å². The van der Waals surface area contributed by atoms with E-state index in [1.165, 1.54) is 0 Å². The molecule has 0 fully saturated rings. The summed E-state index contributed by atoms with van der Waals surface area (Å²) in [6, 6.07) is 3.83. The molecule has 0 aliphatic carbocycles. The van der Waals surface area contributed by atoms with Crippen molar-refractivity contribution >= 4 is 6.03 Å². The van der Waals surface area contributed by atoms with Crippen LogP contribution in [0, 0.1) is 0 Å². The number of hydrogen-bond donors (Lipinski definition) is 3. The van der Waals surface area contributed by atoms with Crippen LogP contribution >= 0.6 is 0 Å². The van der Waals surface area contributed by atoms with Gasteiger partial charge in [0.05, 0.1) is 0 Å². The standard InChI is InChI=1S/C10H17N3O/c1-10(2,7-13-9(14)11-3)8-5-4-6-12-8/h4-6,12H,7H2,1-3H3,(H2,11,13,14). The van der Waals surface area contributed by atoms with Crippen molar-refractivity contribution in [3.8, 4) is 0 Å². The number of amides is 2. The Labute approximate surface area is 84.1 Å². The van der Waals surface area contributed by atoms with Crippen LogP contribution in [0.25, 0.3) is 0 Å². The highest BCUT2D eigenvalue weighted by molar-refractivity contribution is 5.73. The van der Waals surface area contributed by atoms with E-state index in [0.29, 0.717) is 6.54 Å². The van der Waals surface area contributed by atoms with Crippen molar-refractivity contribution in [3.05, 3.63) is 24.0 Å². The first-order chi connectivity index (χ1) is 6.56. The number of carbonyl (C=O) groups excluding carboxylic acids is 1. The normalized spacial score (nSPS) is 11.1. The third kappa shape index (κ3) is 2.52. The number of nitrogens with one attached hydrogen (secondary N) is 3. The minimum absolute atomic E-state index is 0.0734. The van der Waals surface area contributed by atoms with Gasteiger partial charge in [0.25, 0.3) is 0 Å². The number of carbonyl (C=O) groups is 1. The summed E-state index contributed by atoms with van der Waals surface area (Å²) in [5, 5.41) is 5.31. The molecule has 0 atom stereocenters. The molecule has 1 aromatic rings. The van der Waals surface area contributed by atoms with E-state index in [9.17, 15) is 4.79 Å². The molecule has 4 heteroatoms. The van der Waals surface area contributed by atoms with Crippen LogP contribution in [0.1, 0.15) is 19.5 Å². The van der Waals surface area contributed by atoms with E-state index >= 15 is 0 Å². The second kappa shape index (κ2) is 4.17. The van der Waals surface area contributed by atoms with E-state index in [1.807, 2.05) is 18.3 Å². The fraction of sp³-hybridized carbons (Fsp3) is 0.500. The first kappa shape index (κ1) is 10.6. The van der Waals surface area contributed by atoms with Gasteiger partial charge in [-0.25, -0.2) is 4.79 Å². The van der Waals surface area contributed by atoms with E-state index in [2.05, 4.69) is 29.5 Å². The van der Waals surface area contributed by atoms with Gasteiger partial charge < -0.3 is 15.6 Å². The van der Waals surface area contributed by atoms with Gasteiger partial charge in [0, 0.05) is 30.9 Å². The molecule has 0 unspecified atom stereocenters. The van der Waals surface area contributed by atoms with E-state index in [4.69, 9.17) is 0 Å². The molecule has 14 heavy (non-hydrogen) atoms. The topological polar surface area (TPSA) is 56.9 Å². The van der Waals surface area contributed by atoms with E-state index < -0.39 is 0 Å². The molecule has 1 rings (SSSR count). The fourth-order valence-corrected chi connectivity index (χ4v) is 1.24. The summed E-state index contributed by atoms with van der Waals surface area (Å²) in [7, 11) is 1.61. The van der Waals surface area contributed by atoms with Crippen LogP contribution in [-0.2, 0) is 5.41 Å². The highest BCUT2D eigenvalue weighted by Crippen LogP contribution is 2.19. The number of H-pyrrole nitrogens is 1. The molecule has 0 saturated heterocycles. The second-order valence-electron chi connectivity index (χ2n) is 3.90. The Morgan fingerprint density at radius 1 is 1.57 bits per heavy atom. The maximum atomic E-state index is 11.0. The Bertz CT molecular complexity index is 290. The Morgan fingerprint density at radius 2 is 2.29 bits per heavy atom. The van der Waals surface area contributed by atoms with Crippen molar-refractivity contribution in [2.45, 2.75) is 19.3 Å². The molecule has 78 valence electrons. The molecule has 4 nitrogen and oxygen atoms in total. The zero-order valence-corrected chi connectivity index (χ0v) is 8.85. The van der Waals surface area contributed by atoms with Gasteiger partial charge in [-0.05, 0) is 12.1 Å². The summed E-state index contributed by atoms with van der Waals surface area (Å²) in [5.41, 5.74) is 1.05. The molecule has 1 aromatic heterocycles. The summed E-state index contributed by atoms with van der Waals surface area (Å²) in [4.78, 5) is 14.1. The molecule has 0 aliphatic heterocycles. The van der Waals surface area contributed by atoms with Crippen LogP contribution in [0.2, 0.25) is 0 Å². The van der Waals surface area contributed by atoms with Crippen LogP contribution in [0.3, 0.4) is 0 Å². The summed E-state index contributed by atoms with van der Waals surface area (Å²) in [6.45, 7) is 4.76. The van der Waals surface area contributed by atoms with Gasteiger partial charge in [-0.2, -0.15) is 0 Å². The summed E-state index contributed by atoms with van der Waals surface area (Å²) < 4.78 is 0. The minimum Gasteiger partial charge on any atom is -0.364 e. The van der Waals surface area contributed by atoms with E-state index in [-0.39, 0.29) is 11.4 Å². The lowest BCUT2D eigenvalue weighted by Crippen LogP contribution is -2.41. The Balaban J connectivity index is 2.54. The highest BCUT2D eigenvalue weighted by Gasteiger charge is 2.21. The number of rotatable bonds is 3. The largest absolute Gasteiger partial charge is 0.364 e. The SMILES string of the molecule is CNC(=O)NCC(C)(C)c1ccc[nH]1. The molecule has 3 N–H and O–H groups in total. The zero-order valence-electron chi connectivity index (χ0n) is 8.85. The van der Waals surface area contributed by atoms with Crippen LogP contribution in [0.15, 0.2) is 18.3 Å². The van der Waals surface area contributed by atoms with E-state index in [1.54, 1.807) is 7.05 Å². The third-order valence-electron chi connectivity index (χ3n) is 2.25. The fourth-order valence-electron chi connectivity index (χ4n) is 1.24. The lowest BCUT2D eigenvalue weighted by Gasteiger charge is -2.23. The molecule has 0 aromatic carbocycles. The van der Waals surface area contributed by atoms with Crippen molar-refractivity contribution in [2.24, 2.45) is 0 Å². The number of hydrogen-bond acceptors (Lipinski definition) is 1. The highest BCUT2D eigenvalue weighted by atomic mass is 16.2. The third-order valence-corrected chi connectivity index (χ3v) is 2.25. The van der Waals surface area contributed by atoms with Crippen LogP contribution in [0.4, 0.5) is 4.79 Å². The predicted octanol–water partition coefficient (Wildman–Crippen LogP) is 1.22. The quantitative estimate of drug-likeness (QED) is 0.667. The Morgan fingerprint density at radius 3 is 2.79 bits per heavy atom. The molecule has 0 aliphatic rings. The summed E-state index contributed by atoms with van der Waals surface area (Å²) in [5.74, 6) is 0. The van der Waals surface area contributed by atoms with Crippen molar-refractivity contribution in [2.75, 3.05) is 13.6 Å². The Kier molecular flexibility index (Phi) is 3.17. The van der Waals surface area contributed by atoms with Gasteiger partial charge in [0.15, 0.2) is 0 Å². The lowest BCUT2D eigenvalue weighted by molar-refractivity contribution is 0.240. The molecule has 1 heterocycles. The predicted molar refractivity (Wildman–Crippen MR) is 56.3 cm³/mol. The molecule has 0 radical (unpaired) electrons. The average Bonchev–Trinajstić information content (AvgIpc) is 2.67. The molecule has 0 spiro atoms. The number of urea groups is 1. The molecule has 2 amide bonds. The van der Waals surface area contributed by atoms with Crippen molar-refractivity contribution < 1.29 is 4.79 Å². The molecule has 0 bridgehead atoms. The molecular weight excluding hydrogens is 178 g/mol. The van der Waals surface area contributed by atoms with Crippen molar-refractivity contribution in [1.29, 1.82) is 0 Å². The zero-order chi connectivity index (χ0) is 10.6. The van der Waals surface area contributed by atoms with Gasteiger partial charge in [-0.1, -0.05) is 13.8 Å². The van der Waals surface area contributed by atoms with Crippen molar-refractivity contribution in [1.82, 2.24) is 15.6 Å². The van der Waals surface area contributed by atoms with Crippen molar-refractivity contribution in [3.63, 3.8) is 0 Å². The van der Waals surface area contributed by atoms with Gasteiger partial charge in [0.2, 0.25) is 0 Å². The first-order valence-electron chi connectivity index (χ1n) is 4.66. The van der Waals surface area contributed by atoms with Gasteiger partial charge in [-0.15, -0.1) is 0 Å². The van der Waals surface area contributed by atoms with Gasteiger partial charge in [-0.3, -0.25) is 0 Å².